The van der Waals surface area contributed by atoms with Gasteiger partial charge in [-0.2, -0.15) is 10.1 Å². The lowest BCUT2D eigenvalue weighted by molar-refractivity contribution is 0.812. The zero-order valence-electron chi connectivity index (χ0n) is 12.1. The summed E-state index contributed by atoms with van der Waals surface area (Å²) in [6.07, 6.45) is 0.983. The second kappa shape index (κ2) is 4.56. The number of hydrogen-bond donors (Lipinski definition) is 1. The van der Waals surface area contributed by atoms with Crippen LogP contribution in [-0.4, -0.2) is 19.7 Å². The number of nitrogens with two attached hydrogens (primary N) is 1. The first-order valence-electron chi connectivity index (χ1n) is 6.60. The van der Waals surface area contributed by atoms with Crippen LogP contribution in [0.5, 0.6) is 0 Å². The van der Waals surface area contributed by atoms with Gasteiger partial charge in [-0.15, -0.1) is 11.3 Å². The third-order valence-electron chi connectivity index (χ3n) is 3.64. The first-order chi connectivity index (χ1) is 9.51. The Balaban J connectivity index is 2.34. The lowest BCUT2D eigenvalue weighted by atomic mass is 10.2. The Kier molecular flexibility index (Phi) is 2.97. The fourth-order valence-corrected chi connectivity index (χ4v) is 3.20. The van der Waals surface area contributed by atoms with Gasteiger partial charge in [-0.3, -0.25) is 0 Å². The molecule has 20 heavy (non-hydrogen) atoms. The smallest absolute Gasteiger partial charge is 0.223 e. The minimum absolute atomic E-state index is 0.294. The number of nitrogens with zero attached hydrogens (tertiary/aromatic N) is 4. The molecule has 0 aliphatic heterocycles. The van der Waals surface area contributed by atoms with E-state index in [-0.39, 0.29) is 0 Å². The van der Waals surface area contributed by atoms with Gasteiger partial charge in [-0.1, -0.05) is 6.92 Å². The molecule has 0 spiro atoms. The molecule has 3 aromatic rings. The van der Waals surface area contributed by atoms with Crippen LogP contribution in [0.15, 0.2) is 6.07 Å². The van der Waals surface area contributed by atoms with Crippen molar-refractivity contribution in [3.05, 3.63) is 27.9 Å². The average Bonchev–Trinajstić information content (AvgIpc) is 2.94. The molecule has 5 nitrogen and oxygen atoms in total. The van der Waals surface area contributed by atoms with Crippen molar-refractivity contribution in [2.75, 3.05) is 5.73 Å². The van der Waals surface area contributed by atoms with Crippen LogP contribution in [0, 0.1) is 20.8 Å². The highest BCUT2D eigenvalue weighted by molar-refractivity contribution is 7.18. The molecule has 3 aromatic heterocycles. The molecule has 3 rings (SSSR count). The monoisotopic (exact) mass is 287 g/mol. The van der Waals surface area contributed by atoms with Crippen LogP contribution in [-0.2, 0) is 6.42 Å². The summed E-state index contributed by atoms with van der Waals surface area (Å²) in [4.78, 5) is 10.9. The number of hydrogen-bond acceptors (Lipinski definition) is 5. The molecule has 0 fully saturated rings. The summed E-state index contributed by atoms with van der Waals surface area (Å²) in [6.45, 7) is 8.26. The fraction of sp³-hybridized carbons (Fsp3) is 0.357. The molecule has 2 N–H and O–H groups in total. The van der Waals surface area contributed by atoms with Gasteiger partial charge in [0.05, 0.1) is 11.1 Å². The summed E-state index contributed by atoms with van der Waals surface area (Å²) in [5.41, 5.74) is 9.13. The first kappa shape index (κ1) is 13.1. The van der Waals surface area contributed by atoms with E-state index in [4.69, 9.17) is 5.73 Å². The van der Waals surface area contributed by atoms with Crippen LogP contribution in [0.3, 0.4) is 0 Å². The Morgan fingerprint density at radius 2 is 2.00 bits per heavy atom. The normalized spacial score (nSPS) is 11.4. The van der Waals surface area contributed by atoms with Gasteiger partial charge in [0, 0.05) is 10.6 Å². The van der Waals surface area contributed by atoms with Crippen LogP contribution >= 0.6 is 11.3 Å². The molecule has 0 unspecified atom stereocenters. The van der Waals surface area contributed by atoms with Crippen molar-refractivity contribution >= 4 is 27.5 Å². The van der Waals surface area contributed by atoms with Gasteiger partial charge in [0.25, 0.3) is 0 Å². The molecule has 0 bridgehead atoms. The molecular weight excluding hydrogens is 270 g/mol. The van der Waals surface area contributed by atoms with E-state index < -0.39 is 0 Å². The molecule has 6 heteroatoms. The third-order valence-corrected chi connectivity index (χ3v) is 4.82. The second-order valence-electron chi connectivity index (χ2n) is 4.90. The maximum atomic E-state index is 5.85. The van der Waals surface area contributed by atoms with Crippen LogP contribution in [0.1, 0.15) is 28.8 Å². The third kappa shape index (κ3) is 1.87. The van der Waals surface area contributed by atoms with Gasteiger partial charge in [0.15, 0.2) is 5.82 Å². The number of anilines is 1. The number of thiophene rings is 1. The molecule has 0 saturated carbocycles. The van der Waals surface area contributed by atoms with Gasteiger partial charge in [0.1, 0.15) is 4.83 Å². The minimum Gasteiger partial charge on any atom is -0.368 e. The molecule has 0 radical (unpaired) electrons. The van der Waals surface area contributed by atoms with E-state index in [9.17, 15) is 0 Å². The number of fused-ring (bicyclic) bond motifs is 1. The standard InChI is InChI=1S/C14H17N5S/c1-5-10-6-11-12(16-14(15)17-13(11)20-10)19-9(4)7(2)8(3)18-19/h6H,5H2,1-4H3,(H2,15,16,17). The van der Waals surface area contributed by atoms with Crippen molar-refractivity contribution in [1.29, 1.82) is 0 Å². The largest absolute Gasteiger partial charge is 0.368 e. The van der Waals surface area contributed by atoms with E-state index in [1.165, 1.54) is 10.4 Å². The van der Waals surface area contributed by atoms with Crippen molar-refractivity contribution in [1.82, 2.24) is 19.7 Å². The molecule has 104 valence electrons. The predicted octanol–water partition coefficient (Wildman–Crippen LogP) is 2.95. The van der Waals surface area contributed by atoms with Gasteiger partial charge >= 0.3 is 0 Å². The van der Waals surface area contributed by atoms with Gasteiger partial charge in [0.2, 0.25) is 5.95 Å². The van der Waals surface area contributed by atoms with Crippen LogP contribution in [0.2, 0.25) is 0 Å². The number of aromatic nitrogens is 4. The lowest BCUT2D eigenvalue weighted by Gasteiger charge is -2.05. The van der Waals surface area contributed by atoms with Gasteiger partial charge in [-0.05, 0) is 38.8 Å². The molecule has 0 amide bonds. The Bertz CT molecular complexity index is 800. The zero-order valence-corrected chi connectivity index (χ0v) is 12.9. The summed E-state index contributed by atoms with van der Waals surface area (Å²) >= 11 is 1.66. The highest BCUT2D eigenvalue weighted by Crippen LogP contribution is 2.30. The van der Waals surface area contributed by atoms with E-state index >= 15 is 0 Å². The van der Waals surface area contributed by atoms with Crippen LogP contribution in [0.4, 0.5) is 5.95 Å². The maximum absolute atomic E-state index is 5.85. The zero-order chi connectivity index (χ0) is 14.4. The second-order valence-corrected chi connectivity index (χ2v) is 6.01. The van der Waals surface area contributed by atoms with E-state index in [0.717, 1.165) is 33.8 Å². The van der Waals surface area contributed by atoms with Crippen molar-refractivity contribution in [3.63, 3.8) is 0 Å². The first-order valence-corrected chi connectivity index (χ1v) is 7.42. The topological polar surface area (TPSA) is 69.6 Å². The predicted molar refractivity (Wildman–Crippen MR) is 82.5 cm³/mol. The molecule has 0 aliphatic rings. The Labute approximate surface area is 121 Å². The molecule has 3 heterocycles. The maximum Gasteiger partial charge on any atom is 0.223 e. The SMILES string of the molecule is CCc1cc2c(-n3nc(C)c(C)c3C)nc(N)nc2s1. The van der Waals surface area contributed by atoms with E-state index in [2.05, 4.69) is 35.0 Å². The Morgan fingerprint density at radius 3 is 2.60 bits per heavy atom. The van der Waals surface area contributed by atoms with Gasteiger partial charge in [-0.25, -0.2) is 9.67 Å². The quantitative estimate of drug-likeness (QED) is 0.786. The average molecular weight is 287 g/mol. The van der Waals surface area contributed by atoms with Crippen LogP contribution in [0.25, 0.3) is 16.0 Å². The Hall–Kier alpha value is -1.95. The Morgan fingerprint density at radius 1 is 1.25 bits per heavy atom. The van der Waals surface area contributed by atoms with E-state index in [1.807, 2.05) is 18.5 Å². The summed E-state index contributed by atoms with van der Waals surface area (Å²) < 4.78 is 1.87. The number of rotatable bonds is 2. The lowest BCUT2D eigenvalue weighted by Crippen LogP contribution is -2.06. The van der Waals surface area contributed by atoms with Crippen molar-refractivity contribution < 1.29 is 0 Å². The minimum atomic E-state index is 0.294. The number of nitrogen functional groups attached to an aromatic ring is 1. The van der Waals surface area contributed by atoms with Crippen molar-refractivity contribution in [2.45, 2.75) is 34.1 Å². The molecule has 0 aromatic carbocycles. The summed E-state index contributed by atoms with van der Waals surface area (Å²) in [6, 6.07) is 2.14. The molecule has 0 aliphatic carbocycles. The number of aryl methyl sites for hydroxylation is 2. The summed E-state index contributed by atoms with van der Waals surface area (Å²) in [5, 5.41) is 5.60. The van der Waals surface area contributed by atoms with Crippen molar-refractivity contribution in [2.24, 2.45) is 0 Å². The summed E-state index contributed by atoms with van der Waals surface area (Å²) in [7, 11) is 0. The van der Waals surface area contributed by atoms with Gasteiger partial charge < -0.3 is 5.73 Å². The molecule has 0 saturated heterocycles. The highest BCUT2D eigenvalue weighted by Gasteiger charge is 2.16. The summed E-state index contributed by atoms with van der Waals surface area (Å²) in [5.74, 6) is 1.07. The van der Waals surface area contributed by atoms with E-state index in [1.54, 1.807) is 11.3 Å². The molecular formula is C14H17N5S. The molecule has 0 atom stereocenters. The highest BCUT2D eigenvalue weighted by atomic mass is 32.1. The van der Waals surface area contributed by atoms with E-state index in [0.29, 0.717) is 5.95 Å². The van der Waals surface area contributed by atoms with Crippen molar-refractivity contribution in [3.8, 4) is 5.82 Å². The van der Waals surface area contributed by atoms with Crippen LogP contribution < -0.4 is 5.73 Å². The fourth-order valence-electron chi connectivity index (χ4n) is 2.23.